The highest BCUT2D eigenvalue weighted by Crippen LogP contribution is 2.36. The van der Waals surface area contributed by atoms with Crippen LogP contribution in [0.4, 0.5) is 13.2 Å². The SMILES string of the molecule is C=CCc1cnc(-c2ccccc2C(O)C(F)(F)F)nc1. The van der Waals surface area contributed by atoms with E-state index in [2.05, 4.69) is 16.5 Å². The maximum absolute atomic E-state index is 12.7. The summed E-state index contributed by atoms with van der Waals surface area (Å²) in [6.07, 6.45) is -1.99. The second-order valence-electron chi connectivity index (χ2n) is 4.44. The van der Waals surface area contributed by atoms with Crippen molar-refractivity contribution < 1.29 is 18.3 Å². The quantitative estimate of drug-likeness (QED) is 0.878. The number of alkyl halides is 3. The molecule has 0 aliphatic heterocycles. The van der Waals surface area contributed by atoms with Gasteiger partial charge in [0, 0.05) is 23.5 Å². The van der Waals surface area contributed by atoms with E-state index in [-0.39, 0.29) is 17.0 Å². The van der Waals surface area contributed by atoms with Gasteiger partial charge in [-0.25, -0.2) is 9.97 Å². The van der Waals surface area contributed by atoms with Crippen LogP contribution in [-0.2, 0) is 6.42 Å². The first-order valence-electron chi connectivity index (χ1n) is 6.19. The van der Waals surface area contributed by atoms with Crippen LogP contribution in [0.1, 0.15) is 17.2 Å². The van der Waals surface area contributed by atoms with Gasteiger partial charge in [-0.2, -0.15) is 13.2 Å². The predicted octanol–water partition coefficient (Wildman–Crippen LogP) is 3.47. The molecule has 0 aliphatic rings. The summed E-state index contributed by atoms with van der Waals surface area (Å²) >= 11 is 0. The third kappa shape index (κ3) is 3.46. The molecule has 0 spiro atoms. The summed E-state index contributed by atoms with van der Waals surface area (Å²) in [5.74, 6) is 0.140. The molecule has 6 heteroatoms. The van der Waals surface area contributed by atoms with Gasteiger partial charge in [0.05, 0.1) is 0 Å². The number of halogens is 3. The second kappa shape index (κ2) is 6.05. The Labute approximate surface area is 119 Å². The Balaban J connectivity index is 2.42. The zero-order valence-electron chi connectivity index (χ0n) is 11.0. The average molecular weight is 294 g/mol. The number of aliphatic hydroxyl groups excluding tert-OH is 1. The van der Waals surface area contributed by atoms with Crippen molar-refractivity contribution in [2.75, 3.05) is 0 Å². The molecule has 110 valence electrons. The van der Waals surface area contributed by atoms with E-state index in [0.717, 1.165) is 5.56 Å². The monoisotopic (exact) mass is 294 g/mol. The maximum Gasteiger partial charge on any atom is 0.418 e. The van der Waals surface area contributed by atoms with Crippen molar-refractivity contribution in [3.05, 3.63) is 60.4 Å². The molecule has 0 saturated heterocycles. The van der Waals surface area contributed by atoms with Gasteiger partial charge >= 0.3 is 6.18 Å². The fourth-order valence-electron chi connectivity index (χ4n) is 1.88. The summed E-state index contributed by atoms with van der Waals surface area (Å²) in [5, 5.41) is 9.44. The molecule has 2 aromatic rings. The van der Waals surface area contributed by atoms with Gasteiger partial charge in [-0.05, 0) is 12.0 Å². The van der Waals surface area contributed by atoms with E-state index < -0.39 is 12.3 Å². The highest BCUT2D eigenvalue weighted by Gasteiger charge is 2.40. The third-order valence-corrected chi connectivity index (χ3v) is 2.89. The lowest BCUT2D eigenvalue weighted by Crippen LogP contribution is -2.21. The van der Waals surface area contributed by atoms with Crippen LogP contribution >= 0.6 is 0 Å². The van der Waals surface area contributed by atoms with Crippen molar-refractivity contribution in [1.29, 1.82) is 0 Å². The van der Waals surface area contributed by atoms with Gasteiger partial charge in [-0.3, -0.25) is 0 Å². The van der Waals surface area contributed by atoms with Gasteiger partial charge in [0.15, 0.2) is 11.9 Å². The molecule has 1 heterocycles. The number of hydrogen-bond acceptors (Lipinski definition) is 3. The Hall–Kier alpha value is -2.21. The van der Waals surface area contributed by atoms with Crippen molar-refractivity contribution >= 4 is 0 Å². The zero-order chi connectivity index (χ0) is 15.5. The molecule has 0 bridgehead atoms. The molecule has 1 aromatic carbocycles. The maximum atomic E-state index is 12.7. The summed E-state index contributed by atoms with van der Waals surface area (Å²) < 4.78 is 38.1. The van der Waals surface area contributed by atoms with E-state index in [1.165, 1.54) is 30.6 Å². The largest absolute Gasteiger partial charge is 0.418 e. The molecular formula is C15H13F3N2O. The van der Waals surface area contributed by atoms with Gasteiger partial charge in [0.2, 0.25) is 0 Å². The van der Waals surface area contributed by atoms with Crippen molar-refractivity contribution in [3.63, 3.8) is 0 Å². The lowest BCUT2D eigenvalue weighted by Gasteiger charge is -2.17. The predicted molar refractivity (Wildman–Crippen MR) is 72.4 cm³/mol. The summed E-state index contributed by atoms with van der Waals surface area (Å²) in [4.78, 5) is 8.11. The van der Waals surface area contributed by atoms with Crippen LogP contribution in [0, 0.1) is 0 Å². The number of benzene rings is 1. The second-order valence-corrected chi connectivity index (χ2v) is 4.44. The zero-order valence-corrected chi connectivity index (χ0v) is 11.0. The van der Waals surface area contributed by atoms with E-state index >= 15 is 0 Å². The minimum Gasteiger partial charge on any atom is -0.379 e. The molecule has 0 aliphatic carbocycles. The summed E-state index contributed by atoms with van der Waals surface area (Å²) in [5.41, 5.74) is 0.705. The minimum absolute atomic E-state index is 0.140. The van der Waals surface area contributed by atoms with E-state index in [9.17, 15) is 18.3 Å². The first-order chi connectivity index (χ1) is 9.93. The molecule has 0 radical (unpaired) electrons. The third-order valence-electron chi connectivity index (χ3n) is 2.89. The highest BCUT2D eigenvalue weighted by atomic mass is 19.4. The standard InChI is InChI=1S/C15H13F3N2O/c1-2-5-10-8-19-14(20-9-10)12-7-4-3-6-11(12)13(21)15(16,17)18/h2-4,6-9,13,21H,1,5H2. The van der Waals surface area contributed by atoms with Gasteiger partial charge < -0.3 is 5.11 Å². The molecule has 1 atom stereocenters. The van der Waals surface area contributed by atoms with Crippen LogP contribution in [0.25, 0.3) is 11.4 Å². The van der Waals surface area contributed by atoms with Crippen molar-refractivity contribution in [1.82, 2.24) is 9.97 Å². The fourth-order valence-corrected chi connectivity index (χ4v) is 1.88. The topological polar surface area (TPSA) is 46.0 Å². The summed E-state index contributed by atoms with van der Waals surface area (Å²) in [6, 6.07) is 5.67. The minimum atomic E-state index is -4.74. The highest BCUT2D eigenvalue weighted by molar-refractivity contribution is 5.60. The van der Waals surface area contributed by atoms with Crippen molar-refractivity contribution in [2.45, 2.75) is 18.7 Å². The van der Waals surface area contributed by atoms with Crippen molar-refractivity contribution in [2.24, 2.45) is 0 Å². The molecule has 1 unspecified atom stereocenters. The molecule has 0 fully saturated rings. The van der Waals surface area contributed by atoms with Gasteiger partial charge in [-0.15, -0.1) is 6.58 Å². The Bertz CT molecular complexity index is 624. The van der Waals surface area contributed by atoms with Crippen LogP contribution < -0.4 is 0 Å². The first-order valence-corrected chi connectivity index (χ1v) is 6.19. The Morgan fingerprint density at radius 1 is 1.19 bits per heavy atom. The molecule has 21 heavy (non-hydrogen) atoms. The number of nitrogens with zero attached hydrogens (tertiary/aromatic N) is 2. The Kier molecular flexibility index (Phi) is 4.37. The van der Waals surface area contributed by atoms with Crippen LogP contribution in [0.5, 0.6) is 0 Å². The van der Waals surface area contributed by atoms with E-state index in [1.54, 1.807) is 12.1 Å². The number of rotatable bonds is 4. The molecular weight excluding hydrogens is 281 g/mol. The van der Waals surface area contributed by atoms with Crippen LogP contribution in [0.15, 0.2) is 49.3 Å². The molecule has 0 amide bonds. The lowest BCUT2D eigenvalue weighted by atomic mass is 10.0. The summed E-state index contributed by atoms with van der Waals surface area (Å²) in [7, 11) is 0. The summed E-state index contributed by atoms with van der Waals surface area (Å²) in [6.45, 7) is 3.59. The molecule has 2 rings (SSSR count). The lowest BCUT2D eigenvalue weighted by molar-refractivity contribution is -0.206. The Morgan fingerprint density at radius 2 is 1.81 bits per heavy atom. The average Bonchev–Trinajstić information content (AvgIpc) is 2.47. The molecule has 0 saturated carbocycles. The number of hydrogen-bond donors (Lipinski definition) is 1. The normalized spacial score (nSPS) is 13.0. The van der Waals surface area contributed by atoms with E-state index in [1.807, 2.05) is 0 Å². The van der Waals surface area contributed by atoms with Gasteiger partial charge in [0.1, 0.15) is 0 Å². The number of aliphatic hydroxyl groups is 1. The van der Waals surface area contributed by atoms with Crippen LogP contribution in [-0.4, -0.2) is 21.3 Å². The van der Waals surface area contributed by atoms with E-state index in [4.69, 9.17) is 0 Å². The molecule has 1 aromatic heterocycles. The van der Waals surface area contributed by atoms with Gasteiger partial charge in [-0.1, -0.05) is 30.3 Å². The molecule has 1 N–H and O–H groups in total. The fraction of sp³-hybridized carbons (Fsp3) is 0.200. The smallest absolute Gasteiger partial charge is 0.379 e. The van der Waals surface area contributed by atoms with Crippen LogP contribution in [0.3, 0.4) is 0 Å². The molecule has 3 nitrogen and oxygen atoms in total. The van der Waals surface area contributed by atoms with Gasteiger partial charge in [0.25, 0.3) is 0 Å². The van der Waals surface area contributed by atoms with E-state index in [0.29, 0.717) is 6.42 Å². The Morgan fingerprint density at radius 3 is 2.38 bits per heavy atom. The number of aromatic nitrogens is 2. The van der Waals surface area contributed by atoms with Crippen molar-refractivity contribution in [3.8, 4) is 11.4 Å². The number of allylic oxidation sites excluding steroid dienone is 1. The first kappa shape index (κ1) is 15.2. The van der Waals surface area contributed by atoms with Crippen LogP contribution in [0.2, 0.25) is 0 Å².